The molecule has 2 nitrogen and oxygen atoms in total. The third-order valence-corrected chi connectivity index (χ3v) is 2.36. The molecule has 72 valence electrons. The highest BCUT2D eigenvalue weighted by Crippen LogP contribution is 2.23. The first-order chi connectivity index (χ1) is 5.86. The Kier molecular flexibility index (Phi) is 3.75. The summed E-state index contributed by atoms with van der Waals surface area (Å²) in [5.74, 6) is 0.344. The molecule has 2 rings (SSSR count). The van der Waals surface area contributed by atoms with Crippen molar-refractivity contribution in [2.24, 2.45) is 0 Å². The van der Waals surface area contributed by atoms with Crippen LogP contribution in [0.5, 0.6) is 5.75 Å². The van der Waals surface area contributed by atoms with Crippen molar-refractivity contribution >= 4 is 17.0 Å². The summed E-state index contributed by atoms with van der Waals surface area (Å²) in [6, 6.07) is 7.96. The van der Waals surface area contributed by atoms with Crippen LogP contribution in [-0.4, -0.2) is 11.7 Å². The molecule has 0 bridgehead atoms. The van der Waals surface area contributed by atoms with Crippen LogP contribution < -0.4 is 5.32 Å². The molecule has 1 heterocycles. The quantitative estimate of drug-likeness (QED) is 0.795. The number of rotatable bonds is 1. The van der Waals surface area contributed by atoms with E-state index in [1.165, 1.54) is 18.4 Å². The minimum atomic E-state index is 0. The highest BCUT2D eigenvalue weighted by molar-refractivity contribution is 8.93. The zero-order valence-corrected chi connectivity index (χ0v) is 9.08. The fraction of sp³-hybridized carbons (Fsp3) is 0.400. The van der Waals surface area contributed by atoms with Crippen molar-refractivity contribution in [3.05, 3.63) is 29.8 Å². The molecule has 0 aromatic heterocycles. The second kappa shape index (κ2) is 4.63. The molecule has 0 aliphatic carbocycles. The Morgan fingerprint density at radius 2 is 1.92 bits per heavy atom. The van der Waals surface area contributed by atoms with Gasteiger partial charge in [0.2, 0.25) is 0 Å². The van der Waals surface area contributed by atoms with Gasteiger partial charge in [-0.1, -0.05) is 12.1 Å². The molecular weight excluding hydrogens is 230 g/mol. The Morgan fingerprint density at radius 1 is 1.23 bits per heavy atom. The zero-order valence-electron chi connectivity index (χ0n) is 7.36. The van der Waals surface area contributed by atoms with Gasteiger partial charge in [-0.25, -0.2) is 0 Å². The van der Waals surface area contributed by atoms with Gasteiger partial charge in [-0.15, -0.1) is 17.0 Å². The Bertz CT molecular complexity index is 254. The van der Waals surface area contributed by atoms with Gasteiger partial charge in [-0.05, 0) is 37.1 Å². The Hall–Kier alpha value is -0.540. The molecule has 3 heteroatoms. The molecular formula is C10H14BrNO. The smallest absolute Gasteiger partial charge is 0.115 e. The topological polar surface area (TPSA) is 32.3 Å². The molecule has 1 aliphatic rings. The molecule has 1 fully saturated rings. The van der Waals surface area contributed by atoms with Gasteiger partial charge in [0.25, 0.3) is 0 Å². The number of hydrogen-bond acceptors (Lipinski definition) is 2. The molecule has 1 unspecified atom stereocenters. The number of nitrogens with one attached hydrogen (secondary N) is 1. The summed E-state index contributed by atoms with van der Waals surface area (Å²) < 4.78 is 0. The molecule has 1 saturated heterocycles. The lowest BCUT2D eigenvalue weighted by atomic mass is 10.1. The summed E-state index contributed by atoms with van der Waals surface area (Å²) in [6.07, 6.45) is 2.47. The van der Waals surface area contributed by atoms with Crippen LogP contribution in [0.1, 0.15) is 24.4 Å². The van der Waals surface area contributed by atoms with Gasteiger partial charge in [0.15, 0.2) is 0 Å². The van der Waals surface area contributed by atoms with Gasteiger partial charge < -0.3 is 10.4 Å². The average Bonchev–Trinajstić information content (AvgIpc) is 2.58. The average molecular weight is 244 g/mol. The monoisotopic (exact) mass is 243 g/mol. The molecule has 1 aromatic rings. The standard InChI is InChI=1S/C10H13NO.BrH/c12-9-5-3-8(4-6-9)10-2-1-7-11-10;/h3-6,10-12H,1-2,7H2;1H. The molecule has 1 atom stereocenters. The van der Waals surface area contributed by atoms with Crippen LogP contribution in [0.25, 0.3) is 0 Å². The van der Waals surface area contributed by atoms with Crippen LogP contribution in [0.3, 0.4) is 0 Å². The van der Waals surface area contributed by atoms with E-state index in [0.29, 0.717) is 11.8 Å². The predicted octanol–water partition coefficient (Wildman–Crippen LogP) is 2.39. The Labute approximate surface area is 88.7 Å². The Morgan fingerprint density at radius 3 is 2.46 bits per heavy atom. The van der Waals surface area contributed by atoms with Crippen LogP contribution >= 0.6 is 17.0 Å². The van der Waals surface area contributed by atoms with Crippen molar-refractivity contribution in [3.8, 4) is 5.75 Å². The van der Waals surface area contributed by atoms with Crippen LogP contribution in [0.4, 0.5) is 0 Å². The molecule has 0 amide bonds. The van der Waals surface area contributed by atoms with Gasteiger partial charge in [0, 0.05) is 6.04 Å². The summed E-state index contributed by atoms with van der Waals surface area (Å²) in [5, 5.41) is 12.5. The third-order valence-electron chi connectivity index (χ3n) is 2.36. The van der Waals surface area contributed by atoms with E-state index in [2.05, 4.69) is 5.32 Å². The fourth-order valence-corrected chi connectivity index (χ4v) is 1.68. The van der Waals surface area contributed by atoms with Crippen molar-refractivity contribution in [1.82, 2.24) is 5.32 Å². The van der Waals surface area contributed by atoms with E-state index in [4.69, 9.17) is 5.11 Å². The van der Waals surface area contributed by atoms with E-state index in [1.54, 1.807) is 12.1 Å². The van der Waals surface area contributed by atoms with Crippen LogP contribution in [0.15, 0.2) is 24.3 Å². The second-order valence-corrected chi connectivity index (χ2v) is 3.24. The van der Waals surface area contributed by atoms with Crippen LogP contribution in [0.2, 0.25) is 0 Å². The lowest BCUT2D eigenvalue weighted by Gasteiger charge is -2.09. The first-order valence-corrected chi connectivity index (χ1v) is 4.38. The van der Waals surface area contributed by atoms with E-state index in [0.717, 1.165) is 6.54 Å². The van der Waals surface area contributed by atoms with Crippen LogP contribution in [0, 0.1) is 0 Å². The van der Waals surface area contributed by atoms with E-state index in [1.807, 2.05) is 12.1 Å². The van der Waals surface area contributed by atoms with Gasteiger partial charge in [-0.2, -0.15) is 0 Å². The molecule has 2 N–H and O–H groups in total. The summed E-state index contributed by atoms with van der Waals surface area (Å²) >= 11 is 0. The lowest BCUT2D eigenvalue weighted by molar-refractivity contribution is 0.474. The van der Waals surface area contributed by atoms with E-state index in [9.17, 15) is 0 Å². The van der Waals surface area contributed by atoms with Crippen molar-refractivity contribution < 1.29 is 5.11 Å². The maximum absolute atomic E-state index is 9.08. The van der Waals surface area contributed by atoms with E-state index < -0.39 is 0 Å². The van der Waals surface area contributed by atoms with E-state index >= 15 is 0 Å². The fourth-order valence-electron chi connectivity index (χ4n) is 1.68. The van der Waals surface area contributed by atoms with E-state index in [-0.39, 0.29) is 17.0 Å². The molecule has 0 spiro atoms. The predicted molar refractivity (Wildman–Crippen MR) is 58.4 cm³/mol. The molecule has 0 radical (unpaired) electrons. The largest absolute Gasteiger partial charge is 0.508 e. The first kappa shape index (κ1) is 10.5. The number of hydrogen-bond donors (Lipinski definition) is 2. The molecule has 1 aliphatic heterocycles. The minimum Gasteiger partial charge on any atom is -0.508 e. The number of aromatic hydroxyl groups is 1. The highest BCUT2D eigenvalue weighted by atomic mass is 79.9. The summed E-state index contributed by atoms with van der Waals surface area (Å²) in [6.45, 7) is 1.12. The number of benzene rings is 1. The van der Waals surface area contributed by atoms with Crippen molar-refractivity contribution in [2.75, 3.05) is 6.54 Å². The van der Waals surface area contributed by atoms with Crippen molar-refractivity contribution in [2.45, 2.75) is 18.9 Å². The summed E-state index contributed by atoms with van der Waals surface area (Å²) in [5.41, 5.74) is 1.28. The molecule has 13 heavy (non-hydrogen) atoms. The number of halogens is 1. The van der Waals surface area contributed by atoms with Crippen molar-refractivity contribution in [3.63, 3.8) is 0 Å². The zero-order chi connectivity index (χ0) is 8.39. The SMILES string of the molecule is Br.Oc1ccc(C2CCCN2)cc1. The first-order valence-electron chi connectivity index (χ1n) is 4.38. The van der Waals surface area contributed by atoms with Gasteiger partial charge in [0.05, 0.1) is 0 Å². The second-order valence-electron chi connectivity index (χ2n) is 3.24. The number of phenolic OH excluding ortho intramolecular Hbond substituents is 1. The maximum Gasteiger partial charge on any atom is 0.115 e. The lowest BCUT2D eigenvalue weighted by Crippen LogP contribution is -2.12. The summed E-state index contributed by atoms with van der Waals surface area (Å²) in [7, 11) is 0. The maximum atomic E-state index is 9.08. The third kappa shape index (κ3) is 2.45. The van der Waals surface area contributed by atoms with Gasteiger partial charge in [0.1, 0.15) is 5.75 Å². The Balaban J connectivity index is 0.000000845. The molecule has 0 saturated carbocycles. The highest BCUT2D eigenvalue weighted by Gasteiger charge is 2.15. The van der Waals surface area contributed by atoms with Gasteiger partial charge >= 0.3 is 0 Å². The molecule has 1 aromatic carbocycles. The number of phenols is 1. The minimum absolute atomic E-state index is 0. The summed E-state index contributed by atoms with van der Waals surface area (Å²) in [4.78, 5) is 0. The van der Waals surface area contributed by atoms with Crippen molar-refractivity contribution in [1.29, 1.82) is 0 Å². The van der Waals surface area contributed by atoms with Crippen LogP contribution in [-0.2, 0) is 0 Å². The normalized spacial score (nSPS) is 21.1. The van der Waals surface area contributed by atoms with Gasteiger partial charge in [-0.3, -0.25) is 0 Å².